The molecule has 0 unspecified atom stereocenters. The molecular formula is C15H9IOS. The van der Waals surface area contributed by atoms with Crippen molar-refractivity contribution in [1.82, 2.24) is 0 Å². The SMILES string of the molecule is S=c1oc(-c2cccc(I)c2)cc2ccccc12. The Labute approximate surface area is 124 Å². The van der Waals surface area contributed by atoms with E-state index in [1.165, 1.54) is 3.57 Å². The summed E-state index contributed by atoms with van der Waals surface area (Å²) >= 11 is 7.60. The van der Waals surface area contributed by atoms with E-state index >= 15 is 0 Å². The second-order valence-electron chi connectivity index (χ2n) is 4.00. The molecule has 0 saturated heterocycles. The highest BCUT2D eigenvalue weighted by atomic mass is 127. The van der Waals surface area contributed by atoms with Gasteiger partial charge in [-0.1, -0.05) is 30.3 Å². The Bertz CT molecular complexity index is 777. The van der Waals surface area contributed by atoms with Gasteiger partial charge in [-0.05, 0) is 64.5 Å². The molecule has 0 spiro atoms. The van der Waals surface area contributed by atoms with E-state index in [2.05, 4.69) is 40.8 Å². The van der Waals surface area contributed by atoms with E-state index in [-0.39, 0.29) is 0 Å². The topological polar surface area (TPSA) is 13.1 Å². The van der Waals surface area contributed by atoms with Gasteiger partial charge in [-0.2, -0.15) is 0 Å². The van der Waals surface area contributed by atoms with Gasteiger partial charge in [-0.3, -0.25) is 0 Å². The summed E-state index contributed by atoms with van der Waals surface area (Å²) in [5.74, 6) is 0.817. The molecule has 1 aromatic heterocycles. The predicted molar refractivity (Wildman–Crippen MR) is 85.2 cm³/mol. The molecule has 3 aromatic rings. The molecule has 0 radical (unpaired) electrons. The highest BCUT2D eigenvalue weighted by Crippen LogP contribution is 2.26. The van der Waals surface area contributed by atoms with Crippen LogP contribution in [0.3, 0.4) is 0 Å². The van der Waals surface area contributed by atoms with Crippen LogP contribution in [-0.4, -0.2) is 0 Å². The van der Waals surface area contributed by atoms with Gasteiger partial charge in [0.25, 0.3) is 0 Å². The van der Waals surface area contributed by atoms with Crippen molar-refractivity contribution >= 4 is 45.6 Å². The Morgan fingerprint density at radius 1 is 0.944 bits per heavy atom. The number of hydrogen-bond donors (Lipinski definition) is 0. The number of benzene rings is 2. The highest BCUT2D eigenvalue weighted by molar-refractivity contribution is 14.1. The molecule has 3 heteroatoms. The Morgan fingerprint density at radius 3 is 2.61 bits per heavy atom. The van der Waals surface area contributed by atoms with Crippen LogP contribution in [0.1, 0.15) is 0 Å². The first-order valence-electron chi connectivity index (χ1n) is 5.53. The molecule has 0 bridgehead atoms. The van der Waals surface area contributed by atoms with Gasteiger partial charge in [-0.15, -0.1) is 0 Å². The Kier molecular flexibility index (Phi) is 3.18. The average molecular weight is 364 g/mol. The zero-order valence-corrected chi connectivity index (χ0v) is 12.4. The van der Waals surface area contributed by atoms with Crippen molar-refractivity contribution in [2.24, 2.45) is 0 Å². The molecule has 3 rings (SSSR count). The lowest BCUT2D eigenvalue weighted by molar-refractivity contribution is 0.558. The quantitative estimate of drug-likeness (QED) is 0.422. The van der Waals surface area contributed by atoms with Gasteiger partial charge in [0.15, 0.2) is 4.71 Å². The first-order chi connectivity index (χ1) is 8.74. The van der Waals surface area contributed by atoms with Gasteiger partial charge in [-0.25, -0.2) is 0 Å². The Hall–Kier alpha value is -1.20. The van der Waals surface area contributed by atoms with Crippen molar-refractivity contribution in [2.45, 2.75) is 0 Å². The maximum absolute atomic E-state index is 5.74. The lowest BCUT2D eigenvalue weighted by Crippen LogP contribution is -1.81. The van der Waals surface area contributed by atoms with Crippen LogP contribution >= 0.6 is 34.8 Å². The Morgan fingerprint density at radius 2 is 1.78 bits per heavy atom. The molecule has 0 aliphatic heterocycles. The van der Waals surface area contributed by atoms with Crippen LogP contribution in [0.4, 0.5) is 0 Å². The first kappa shape index (κ1) is 11.9. The molecule has 0 amide bonds. The van der Waals surface area contributed by atoms with Crippen LogP contribution < -0.4 is 0 Å². The maximum atomic E-state index is 5.74. The summed E-state index contributed by atoms with van der Waals surface area (Å²) in [6.45, 7) is 0. The maximum Gasteiger partial charge on any atom is 0.198 e. The van der Waals surface area contributed by atoms with Gasteiger partial charge in [0.1, 0.15) is 5.76 Å². The molecule has 0 saturated carbocycles. The molecule has 1 nitrogen and oxygen atoms in total. The van der Waals surface area contributed by atoms with Crippen LogP contribution in [0.25, 0.3) is 22.1 Å². The van der Waals surface area contributed by atoms with Crippen LogP contribution in [-0.2, 0) is 0 Å². The summed E-state index contributed by atoms with van der Waals surface area (Å²) in [6, 6.07) is 18.3. The second kappa shape index (κ2) is 4.82. The lowest BCUT2D eigenvalue weighted by Gasteiger charge is -2.04. The first-order valence-corrected chi connectivity index (χ1v) is 7.01. The minimum absolute atomic E-state index is 0.543. The largest absolute Gasteiger partial charge is 0.445 e. The van der Waals surface area contributed by atoms with Gasteiger partial charge in [0.2, 0.25) is 0 Å². The third-order valence-corrected chi connectivity index (χ3v) is 3.75. The van der Waals surface area contributed by atoms with Gasteiger partial charge < -0.3 is 4.42 Å². The van der Waals surface area contributed by atoms with Crippen molar-refractivity contribution in [2.75, 3.05) is 0 Å². The third kappa shape index (κ3) is 2.20. The van der Waals surface area contributed by atoms with E-state index in [1.54, 1.807) is 0 Å². The van der Waals surface area contributed by atoms with Gasteiger partial charge >= 0.3 is 0 Å². The van der Waals surface area contributed by atoms with E-state index in [4.69, 9.17) is 16.6 Å². The number of fused-ring (bicyclic) bond motifs is 1. The summed E-state index contributed by atoms with van der Waals surface area (Å²) in [5.41, 5.74) is 1.05. The molecule has 18 heavy (non-hydrogen) atoms. The summed E-state index contributed by atoms with van der Waals surface area (Å²) in [6.07, 6.45) is 0. The smallest absolute Gasteiger partial charge is 0.198 e. The summed E-state index contributed by atoms with van der Waals surface area (Å²) in [7, 11) is 0. The Balaban J connectivity index is 2.28. The predicted octanol–water partition coefficient (Wildman–Crippen LogP) is 5.43. The van der Waals surface area contributed by atoms with Crippen molar-refractivity contribution < 1.29 is 4.42 Å². The average Bonchev–Trinajstić information content (AvgIpc) is 2.39. The van der Waals surface area contributed by atoms with E-state index in [9.17, 15) is 0 Å². The van der Waals surface area contributed by atoms with Crippen LogP contribution in [0.5, 0.6) is 0 Å². The fourth-order valence-electron chi connectivity index (χ4n) is 1.92. The minimum Gasteiger partial charge on any atom is -0.445 e. The van der Waals surface area contributed by atoms with Crippen LogP contribution in [0, 0.1) is 8.28 Å². The van der Waals surface area contributed by atoms with Crippen molar-refractivity contribution in [3.63, 3.8) is 0 Å². The molecule has 0 fully saturated rings. The molecule has 0 N–H and O–H groups in total. The van der Waals surface area contributed by atoms with Gasteiger partial charge in [0.05, 0.1) is 0 Å². The van der Waals surface area contributed by atoms with E-state index in [0.29, 0.717) is 4.71 Å². The lowest BCUT2D eigenvalue weighted by atomic mass is 10.1. The fourth-order valence-corrected chi connectivity index (χ4v) is 2.74. The molecule has 0 aliphatic carbocycles. The zero-order chi connectivity index (χ0) is 12.5. The van der Waals surface area contributed by atoms with Crippen molar-refractivity contribution in [3.05, 3.63) is 62.9 Å². The second-order valence-corrected chi connectivity index (χ2v) is 5.61. The standard InChI is InChI=1S/C15H9IOS/c16-12-6-3-5-11(8-12)14-9-10-4-1-2-7-13(10)15(18)17-14/h1-9H. The monoisotopic (exact) mass is 364 g/mol. The van der Waals surface area contributed by atoms with Crippen LogP contribution in [0.2, 0.25) is 0 Å². The molecule has 88 valence electrons. The fraction of sp³-hybridized carbons (Fsp3) is 0. The molecule has 0 aliphatic rings. The number of rotatable bonds is 1. The van der Waals surface area contributed by atoms with Gasteiger partial charge in [0, 0.05) is 14.5 Å². The van der Waals surface area contributed by atoms with Crippen molar-refractivity contribution in [1.29, 1.82) is 0 Å². The van der Waals surface area contributed by atoms with E-state index < -0.39 is 0 Å². The number of halogens is 1. The summed E-state index contributed by atoms with van der Waals surface area (Å²) in [5, 5.41) is 2.10. The van der Waals surface area contributed by atoms with Crippen molar-refractivity contribution in [3.8, 4) is 11.3 Å². The third-order valence-electron chi connectivity index (χ3n) is 2.78. The highest BCUT2D eigenvalue weighted by Gasteiger charge is 2.04. The zero-order valence-electron chi connectivity index (χ0n) is 9.39. The molecular weight excluding hydrogens is 355 g/mol. The number of hydrogen-bond acceptors (Lipinski definition) is 2. The summed E-state index contributed by atoms with van der Waals surface area (Å²) < 4.78 is 7.47. The van der Waals surface area contributed by atoms with E-state index in [1.807, 2.05) is 36.4 Å². The molecule has 2 aromatic carbocycles. The molecule has 1 heterocycles. The minimum atomic E-state index is 0.543. The van der Waals surface area contributed by atoms with E-state index in [0.717, 1.165) is 22.1 Å². The van der Waals surface area contributed by atoms with Crippen LogP contribution in [0.15, 0.2) is 59.0 Å². The normalized spacial score (nSPS) is 10.7. The molecule has 0 atom stereocenters. The summed E-state index contributed by atoms with van der Waals surface area (Å²) in [4.78, 5) is 0.